The zero-order chi connectivity index (χ0) is 13.5. The first-order chi connectivity index (χ1) is 8.50. The molecule has 0 aliphatic heterocycles. The molecule has 1 rings (SSSR count). The highest BCUT2D eigenvalue weighted by molar-refractivity contribution is 5.87. The van der Waals surface area contributed by atoms with Crippen LogP contribution < -0.4 is 11.1 Å². The molecule has 0 fully saturated rings. The minimum Gasteiger partial charge on any atom is -0.347 e. The first kappa shape index (κ1) is 14.2. The van der Waals surface area contributed by atoms with Crippen molar-refractivity contribution in [1.29, 1.82) is 0 Å². The molecule has 0 saturated heterocycles. The zero-order valence-corrected chi connectivity index (χ0v) is 10.7. The summed E-state index contributed by atoms with van der Waals surface area (Å²) in [6, 6.07) is 8.90. The monoisotopic (exact) mass is 249 g/mol. The molecule has 0 saturated carbocycles. The molecule has 1 atom stereocenters. The van der Waals surface area contributed by atoms with E-state index in [0.717, 1.165) is 5.56 Å². The summed E-state index contributed by atoms with van der Waals surface area (Å²) in [6.07, 6.45) is 0.461. The number of amides is 2. The Morgan fingerprint density at radius 2 is 1.89 bits per heavy atom. The molecular weight excluding hydrogens is 230 g/mol. The van der Waals surface area contributed by atoms with Gasteiger partial charge >= 0.3 is 0 Å². The summed E-state index contributed by atoms with van der Waals surface area (Å²) in [7, 11) is 3.27. The molecule has 2 amide bonds. The largest absolute Gasteiger partial charge is 0.347 e. The van der Waals surface area contributed by atoms with E-state index < -0.39 is 6.04 Å². The van der Waals surface area contributed by atoms with E-state index >= 15 is 0 Å². The number of nitrogens with zero attached hydrogens (tertiary/aromatic N) is 1. The van der Waals surface area contributed by atoms with Crippen molar-refractivity contribution in [1.82, 2.24) is 10.2 Å². The predicted molar refractivity (Wildman–Crippen MR) is 69.8 cm³/mol. The third kappa shape index (κ3) is 4.55. The minimum absolute atomic E-state index is 0.0195. The van der Waals surface area contributed by atoms with Gasteiger partial charge in [0.1, 0.15) is 0 Å². The van der Waals surface area contributed by atoms with Gasteiger partial charge in [0.2, 0.25) is 11.8 Å². The van der Waals surface area contributed by atoms with Gasteiger partial charge in [0, 0.05) is 14.1 Å². The third-order valence-corrected chi connectivity index (χ3v) is 2.55. The van der Waals surface area contributed by atoms with Crippen molar-refractivity contribution in [3.05, 3.63) is 35.9 Å². The van der Waals surface area contributed by atoms with E-state index in [2.05, 4.69) is 5.32 Å². The molecule has 0 unspecified atom stereocenters. The second-order valence-electron chi connectivity index (χ2n) is 4.30. The topological polar surface area (TPSA) is 75.4 Å². The SMILES string of the molecule is CN(C)C(=O)CNC(=O)[C@@H](N)Cc1ccccc1. The van der Waals surface area contributed by atoms with Crippen LogP contribution in [0.25, 0.3) is 0 Å². The quantitative estimate of drug-likeness (QED) is 0.756. The highest BCUT2D eigenvalue weighted by Crippen LogP contribution is 2.01. The van der Waals surface area contributed by atoms with E-state index in [1.165, 1.54) is 4.90 Å². The number of hydrogen-bond acceptors (Lipinski definition) is 3. The Morgan fingerprint density at radius 1 is 1.28 bits per heavy atom. The number of carbonyl (C=O) groups excluding carboxylic acids is 2. The Bertz CT molecular complexity index is 404. The van der Waals surface area contributed by atoms with Crippen molar-refractivity contribution < 1.29 is 9.59 Å². The Balaban J connectivity index is 2.40. The van der Waals surface area contributed by atoms with Gasteiger partial charge in [-0.3, -0.25) is 9.59 Å². The van der Waals surface area contributed by atoms with Gasteiger partial charge in [0.05, 0.1) is 12.6 Å². The highest BCUT2D eigenvalue weighted by Gasteiger charge is 2.15. The molecule has 18 heavy (non-hydrogen) atoms. The number of carbonyl (C=O) groups is 2. The van der Waals surface area contributed by atoms with Crippen LogP contribution >= 0.6 is 0 Å². The minimum atomic E-state index is -0.637. The first-order valence-electron chi connectivity index (χ1n) is 5.78. The molecule has 0 radical (unpaired) electrons. The van der Waals surface area contributed by atoms with Crippen molar-refractivity contribution in [3.63, 3.8) is 0 Å². The summed E-state index contributed by atoms with van der Waals surface area (Å²) < 4.78 is 0. The van der Waals surface area contributed by atoms with Crippen molar-refractivity contribution in [2.45, 2.75) is 12.5 Å². The standard InChI is InChI=1S/C13H19N3O2/c1-16(2)12(17)9-15-13(18)11(14)8-10-6-4-3-5-7-10/h3-7,11H,8-9,14H2,1-2H3,(H,15,18)/t11-/m0/s1. The van der Waals surface area contributed by atoms with Gasteiger partial charge in [-0.05, 0) is 12.0 Å². The van der Waals surface area contributed by atoms with Gasteiger partial charge in [0.25, 0.3) is 0 Å². The average molecular weight is 249 g/mol. The van der Waals surface area contributed by atoms with E-state index in [1.54, 1.807) is 14.1 Å². The van der Waals surface area contributed by atoms with Crippen LogP contribution in [-0.2, 0) is 16.0 Å². The molecule has 0 aromatic heterocycles. The Kier molecular flexibility index (Phi) is 5.32. The summed E-state index contributed by atoms with van der Waals surface area (Å²) in [5.74, 6) is -0.468. The van der Waals surface area contributed by atoms with Gasteiger partial charge in [-0.2, -0.15) is 0 Å². The van der Waals surface area contributed by atoms with Crippen LogP contribution in [0.2, 0.25) is 0 Å². The molecule has 98 valence electrons. The fraction of sp³-hybridized carbons (Fsp3) is 0.385. The highest BCUT2D eigenvalue weighted by atomic mass is 16.2. The third-order valence-electron chi connectivity index (χ3n) is 2.55. The van der Waals surface area contributed by atoms with Crippen LogP contribution in [0, 0.1) is 0 Å². The second kappa shape index (κ2) is 6.76. The van der Waals surface area contributed by atoms with Crippen LogP contribution in [0.1, 0.15) is 5.56 Å². The molecule has 0 bridgehead atoms. The van der Waals surface area contributed by atoms with Crippen molar-refractivity contribution in [2.75, 3.05) is 20.6 Å². The number of benzene rings is 1. The molecule has 5 nitrogen and oxygen atoms in total. The Labute approximate surface area is 107 Å². The van der Waals surface area contributed by atoms with Crippen LogP contribution in [-0.4, -0.2) is 43.4 Å². The lowest BCUT2D eigenvalue weighted by molar-refractivity contribution is -0.131. The summed E-state index contributed by atoms with van der Waals surface area (Å²) in [5.41, 5.74) is 6.77. The first-order valence-corrected chi connectivity index (χ1v) is 5.78. The fourth-order valence-electron chi connectivity index (χ4n) is 1.41. The lowest BCUT2D eigenvalue weighted by atomic mass is 10.1. The molecule has 0 spiro atoms. The Hall–Kier alpha value is -1.88. The number of hydrogen-bond donors (Lipinski definition) is 2. The van der Waals surface area contributed by atoms with E-state index in [-0.39, 0.29) is 18.4 Å². The van der Waals surface area contributed by atoms with E-state index in [9.17, 15) is 9.59 Å². The second-order valence-corrected chi connectivity index (χ2v) is 4.30. The van der Waals surface area contributed by atoms with Crippen molar-refractivity contribution in [3.8, 4) is 0 Å². The Morgan fingerprint density at radius 3 is 2.44 bits per heavy atom. The maximum atomic E-state index is 11.7. The zero-order valence-electron chi connectivity index (χ0n) is 10.7. The maximum absolute atomic E-state index is 11.7. The smallest absolute Gasteiger partial charge is 0.241 e. The predicted octanol–water partition coefficient (Wildman–Crippen LogP) is -0.239. The summed E-state index contributed by atoms with van der Waals surface area (Å²) >= 11 is 0. The van der Waals surface area contributed by atoms with Gasteiger partial charge in [-0.15, -0.1) is 0 Å². The van der Waals surface area contributed by atoms with Gasteiger partial charge in [-0.25, -0.2) is 0 Å². The molecule has 0 aliphatic carbocycles. The molecule has 3 N–H and O–H groups in total. The number of likely N-dealkylation sites (N-methyl/N-ethyl adjacent to an activating group) is 1. The summed E-state index contributed by atoms with van der Waals surface area (Å²) in [6.45, 7) is -0.0195. The molecule has 0 heterocycles. The summed E-state index contributed by atoms with van der Waals surface area (Å²) in [5, 5.41) is 2.53. The van der Waals surface area contributed by atoms with Crippen LogP contribution in [0.3, 0.4) is 0 Å². The van der Waals surface area contributed by atoms with E-state index in [4.69, 9.17) is 5.73 Å². The van der Waals surface area contributed by atoms with Crippen molar-refractivity contribution >= 4 is 11.8 Å². The van der Waals surface area contributed by atoms with Gasteiger partial charge < -0.3 is 16.0 Å². The lowest BCUT2D eigenvalue weighted by Gasteiger charge is -2.14. The normalized spacial score (nSPS) is 11.7. The van der Waals surface area contributed by atoms with E-state index in [0.29, 0.717) is 6.42 Å². The maximum Gasteiger partial charge on any atom is 0.241 e. The average Bonchev–Trinajstić information content (AvgIpc) is 2.36. The number of rotatable bonds is 5. The molecule has 5 heteroatoms. The van der Waals surface area contributed by atoms with Crippen molar-refractivity contribution in [2.24, 2.45) is 5.73 Å². The molecule has 1 aromatic carbocycles. The molecule has 1 aromatic rings. The molecular formula is C13H19N3O2. The van der Waals surface area contributed by atoms with Crippen LogP contribution in [0.4, 0.5) is 0 Å². The van der Waals surface area contributed by atoms with Crippen LogP contribution in [0.15, 0.2) is 30.3 Å². The van der Waals surface area contributed by atoms with E-state index in [1.807, 2.05) is 30.3 Å². The molecule has 0 aliphatic rings. The fourth-order valence-corrected chi connectivity index (χ4v) is 1.41. The number of nitrogens with one attached hydrogen (secondary N) is 1. The van der Waals surface area contributed by atoms with Gasteiger partial charge in [-0.1, -0.05) is 30.3 Å². The lowest BCUT2D eigenvalue weighted by Crippen LogP contribution is -2.45. The number of nitrogens with two attached hydrogens (primary N) is 1. The van der Waals surface area contributed by atoms with Gasteiger partial charge in [0.15, 0.2) is 0 Å². The van der Waals surface area contributed by atoms with Crippen LogP contribution in [0.5, 0.6) is 0 Å². The summed E-state index contributed by atoms with van der Waals surface area (Å²) in [4.78, 5) is 24.4.